The monoisotopic (exact) mass is 527 g/mol. The molecule has 0 radical (unpaired) electrons. The predicted octanol–water partition coefficient (Wildman–Crippen LogP) is 4.54. The van der Waals surface area contributed by atoms with Crippen LogP contribution >= 0.6 is 23.2 Å². The van der Waals surface area contributed by atoms with Crippen LogP contribution in [0.3, 0.4) is 0 Å². The van der Waals surface area contributed by atoms with Gasteiger partial charge in [0.2, 0.25) is 11.8 Å². The van der Waals surface area contributed by atoms with Gasteiger partial charge in [-0.1, -0.05) is 41.4 Å². The number of nitrogens with zero attached hydrogens (tertiary/aromatic N) is 2. The molecule has 1 saturated heterocycles. The van der Waals surface area contributed by atoms with Crippen molar-refractivity contribution in [1.29, 1.82) is 0 Å². The van der Waals surface area contributed by atoms with E-state index >= 15 is 0 Å². The third-order valence-electron chi connectivity index (χ3n) is 6.86. The first-order valence-corrected chi connectivity index (χ1v) is 12.0. The molecule has 0 aromatic heterocycles. The number of alkyl halides is 3. The lowest BCUT2D eigenvalue weighted by atomic mass is 9.93. The average molecular weight is 528 g/mol. The van der Waals surface area contributed by atoms with E-state index in [1.807, 2.05) is 19.0 Å². The van der Waals surface area contributed by atoms with E-state index in [2.05, 4.69) is 5.32 Å². The maximum absolute atomic E-state index is 13.4. The molecule has 2 amide bonds. The first kappa shape index (κ1) is 25.8. The molecule has 1 aliphatic carbocycles. The summed E-state index contributed by atoms with van der Waals surface area (Å²) in [7, 11) is 3.86. The zero-order valence-electron chi connectivity index (χ0n) is 19.3. The fourth-order valence-electron chi connectivity index (χ4n) is 4.37. The number of carbonyl (C=O) groups excluding carboxylic acids is 2. The molecular formula is C25H26Cl2F3N3O2. The molecule has 2 aromatic carbocycles. The molecule has 5 nitrogen and oxygen atoms in total. The van der Waals surface area contributed by atoms with E-state index in [1.54, 1.807) is 23.1 Å². The van der Waals surface area contributed by atoms with Crippen molar-refractivity contribution in [3.05, 3.63) is 69.2 Å². The van der Waals surface area contributed by atoms with Gasteiger partial charge in [-0.3, -0.25) is 9.59 Å². The molecule has 4 rings (SSSR count). The van der Waals surface area contributed by atoms with Crippen LogP contribution in [0.15, 0.2) is 42.5 Å². The highest BCUT2D eigenvalue weighted by Gasteiger charge is 2.53. The molecule has 2 aromatic rings. The van der Waals surface area contributed by atoms with E-state index in [0.29, 0.717) is 47.1 Å². The summed E-state index contributed by atoms with van der Waals surface area (Å²) in [6.45, 7) is 1.05. The second-order valence-electron chi connectivity index (χ2n) is 9.49. The van der Waals surface area contributed by atoms with Crippen molar-refractivity contribution in [3.8, 4) is 0 Å². The zero-order valence-corrected chi connectivity index (χ0v) is 20.8. The molecule has 1 saturated carbocycles. The number of benzene rings is 2. The third kappa shape index (κ3) is 5.44. The van der Waals surface area contributed by atoms with Gasteiger partial charge in [-0.15, -0.1) is 0 Å². The van der Waals surface area contributed by atoms with Gasteiger partial charge in [0, 0.05) is 35.6 Å². The molecule has 10 heteroatoms. The molecule has 2 fully saturated rings. The Labute approximate surface area is 212 Å². The lowest BCUT2D eigenvalue weighted by Crippen LogP contribution is -2.63. The number of hydrogen-bond acceptors (Lipinski definition) is 3. The summed E-state index contributed by atoms with van der Waals surface area (Å²) in [6, 6.07) is 8.95. The molecule has 0 bridgehead atoms. The largest absolute Gasteiger partial charge is 0.416 e. The Balaban J connectivity index is 1.54. The van der Waals surface area contributed by atoms with Gasteiger partial charge >= 0.3 is 6.18 Å². The fourth-order valence-corrected chi connectivity index (χ4v) is 4.95. The summed E-state index contributed by atoms with van der Waals surface area (Å²) < 4.78 is 38.9. The van der Waals surface area contributed by atoms with E-state index < -0.39 is 23.2 Å². The van der Waals surface area contributed by atoms with Crippen LogP contribution in [0.25, 0.3) is 0 Å². The maximum Gasteiger partial charge on any atom is 0.416 e. The molecular weight excluding hydrogens is 502 g/mol. The molecule has 1 heterocycles. The summed E-state index contributed by atoms with van der Waals surface area (Å²) in [6.07, 6.45) is -3.21. The highest BCUT2D eigenvalue weighted by molar-refractivity contribution is 6.35. The number of likely N-dealkylation sites (tertiary alicyclic amines) is 1. The number of rotatable bonds is 7. The fraction of sp³-hybridized carbons (Fsp3) is 0.440. The van der Waals surface area contributed by atoms with Crippen molar-refractivity contribution in [3.63, 3.8) is 0 Å². The van der Waals surface area contributed by atoms with Crippen molar-refractivity contribution < 1.29 is 22.8 Å². The van der Waals surface area contributed by atoms with Crippen molar-refractivity contribution in [2.24, 2.45) is 0 Å². The van der Waals surface area contributed by atoms with Crippen LogP contribution in [0.2, 0.25) is 10.0 Å². The van der Waals surface area contributed by atoms with Gasteiger partial charge in [0.25, 0.3) is 0 Å². The summed E-state index contributed by atoms with van der Waals surface area (Å²) >= 11 is 12.4. The molecule has 188 valence electrons. The zero-order chi connectivity index (χ0) is 25.5. The van der Waals surface area contributed by atoms with Gasteiger partial charge in [0.05, 0.1) is 11.0 Å². The van der Waals surface area contributed by atoms with Gasteiger partial charge in [-0.25, -0.2) is 0 Å². The molecule has 1 atom stereocenters. The molecule has 0 spiro atoms. The normalized spacial score (nSPS) is 18.2. The first-order chi connectivity index (χ1) is 16.4. The van der Waals surface area contributed by atoms with Crippen LogP contribution in [-0.2, 0) is 27.6 Å². The van der Waals surface area contributed by atoms with E-state index in [9.17, 15) is 22.8 Å². The molecule has 2 aliphatic rings. The smallest absolute Gasteiger partial charge is 0.343 e. The number of hydrogen-bond donors (Lipinski definition) is 1. The Bertz CT molecular complexity index is 1110. The van der Waals surface area contributed by atoms with Crippen molar-refractivity contribution in [2.75, 3.05) is 27.2 Å². The highest BCUT2D eigenvalue weighted by atomic mass is 35.5. The standard InChI is InChI=1S/C25H26Cl2F3N3O2/c1-32(2)18-13-33(14-18)22(34)21(11-15-3-5-16(6-4-15)25(28,29)30)31-23(35)24(9-10-24)19-8-7-17(26)12-20(19)27/h3-8,12,18,21H,9-11,13-14H2,1-2H3,(H,31,35). The average Bonchev–Trinajstić information content (AvgIpc) is 3.53. The van der Waals surface area contributed by atoms with E-state index in [4.69, 9.17) is 23.2 Å². The maximum atomic E-state index is 13.4. The lowest BCUT2D eigenvalue weighted by Gasteiger charge is -2.44. The second kappa shape index (κ2) is 9.64. The summed E-state index contributed by atoms with van der Waals surface area (Å²) in [5, 5.41) is 3.73. The van der Waals surface area contributed by atoms with Gasteiger partial charge in [0.15, 0.2) is 0 Å². The molecule has 1 N–H and O–H groups in total. The number of amides is 2. The molecule has 35 heavy (non-hydrogen) atoms. The van der Waals surface area contributed by atoms with Crippen LogP contribution in [0.1, 0.15) is 29.5 Å². The Hall–Kier alpha value is -2.29. The van der Waals surface area contributed by atoms with Crippen LogP contribution in [0.4, 0.5) is 13.2 Å². The Kier molecular flexibility index (Phi) is 7.10. The van der Waals surface area contributed by atoms with Gasteiger partial charge in [0.1, 0.15) is 6.04 Å². The van der Waals surface area contributed by atoms with Crippen LogP contribution in [0, 0.1) is 0 Å². The van der Waals surface area contributed by atoms with E-state index in [-0.39, 0.29) is 24.3 Å². The lowest BCUT2D eigenvalue weighted by molar-refractivity contribution is -0.142. The van der Waals surface area contributed by atoms with Crippen molar-refractivity contribution in [2.45, 2.75) is 42.9 Å². The SMILES string of the molecule is CN(C)C1CN(C(=O)C(Cc2ccc(C(F)(F)F)cc2)NC(=O)C2(c3ccc(Cl)cc3Cl)CC2)C1. The van der Waals surface area contributed by atoms with Crippen LogP contribution in [0.5, 0.6) is 0 Å². The van der Waals surface area contributed by atoms with Gasteiger partial charge < -0.3 is 15.1 Å². The summed E-state index contributed by atoms with van der Waals surface area (Å²) in [5.41, 5.74) is -0.435. The van der Waals surface area contributed by atoms with Crippen LogP contribution < -0.4 is 5.32 Å². The number of nitrogens with one attached hydrogen (secondary N) is 1. The molecule has 1 aliphatic heterocycles. The van der Waals surface area contributed by atoms with E-state index in [0.717, 1.165) is 12.1 Å². The minimum atomic E-state index is -4.45. The predicted molar refractivity (Wildman–Crippen MR) is 129 cm³/mol. The summed E-state index contributed by atoms with van der Waals surface area (Å²) in [4.78, 5) is 30.4. The Morgan fingerprint density at radius 3 is 2.26 bits per heavy atom. The third-order valence-corrected chi connectivity index (χ3v) is 7.41. The second-order valence-corrected chi connectivity index (χ2v) is 10.3. The minimum Gasteiger partial charge on any atom is -0.343 e. The highest BCUT2D eigenvalue weighted by Crippen LogP contribution is 2.51. The van der Waals surface area contributed by atoms with E-state index in [1.165, 1.54) is 12.1 Å². The quantitative estimate of drug-likeness (QED) is 0.574. The number of likely N-dealkylation sites (N-methyl/N-ethyl adjacent to an activating group) is 1. The number of halogens is 5. The van der Waals surface area contributed by atoms with Gasteiger partial charge in [-0.2, -0.15) is 13.2 Å². The minimum absolute atomic E-state index is 0.0796. The first-order valence-electron chi connectivity index (χ1n) is 11.3. The number of carbonyl (C=O) groups is 2. The van der Waals surface area contributed by atoms with Crippen molar-refractivity contribution >= 4 is 35.0 Å². The van der Waals surface area contributed by atoms with Crippen LogP contribution in [-0.4, -0.2) is 60.9 Å². The summed E-state index contributed by atoms with van der Waals surface area (Å²) in [5.74, 6) is -0.578. The van der Waals surface area contributed by atoms with Crippen molar-refractivity contribution in [1.82, 2.24) is 15.1 Å². The topological polar surface area (TPSA) is 52.6 Å². The Morgan fingerprint density at radius 2 is 1.74 bits per heavy atom. The molecule has 1 unspecified atom stereocenters. The van der Waals surface area contributed by atoms with Gasteiger partial charge in [-0.05, 0) is 62.3 Å². The Morgan fingerprint density at radius 1 is 1.11 bits per heavy atom.